The van der Waals surface area contributed by atoms with Crippen LogP contribution in [0.3, 0.4) is 0 Å². The molecule has 0 bridgehead atoms. The van der Waals surface area contributed by atoms with E-state index < -0.39 is 11.5 Å². The van der Waals surface area contributed by atoms with Gasteiger partial charge in [0.2, 0.25) is 0 Å². The summed E-state index contributed by atoms with van der Waals surface area (Å²) in [5, 5.41) is 0. The van der Waals surface area contributed by atoms with Crippen molar-refractivity contribution in [2.75, 3.05) is 12.8 Å². The lowest BCUT2D eigenvalue weighted by molar-refractivity contribution is 0.100. The van der Waals surface area contributed by atoms with Crippen LogP contribution in [0.1, 0.15) is 21.6 Å². The number of alkyl halides is 1. The molecule has 1 amide bonds. The highest BCUT2D eigenvalue weighted by atomic mass is 35.5. The quantitative estimate of drug-likeness (QED) is 0.724. The molecule has 76 valence electrons. The normalized spacial score (nSPS) is 12.4. The van der Waals surface area contributed by atoms with E-state index in [1.165, 1.54) is 19.2 Å². The van der Waals surface area contributed by atoms with Gasteiger partial charge in [-0.15, -0.1) is 0 Å². The summed E-state index contributed by atoms with van der Waals surface area (Å²) in [6, 6.07) is 3.01. The zero-order valence-corrected chi connectivity index (χ0v) is 8.28. The first-order chi connectivity index (χ1) is 6.56. The first kappa shape index (κ1) is 10.7. The van der Waals surface area contributed by atoms with Crippen LogP contribution < -0.4 is 11.5 Å². The Hall–Kier alpha value is -1.33. The lowest BCUT2D eigenvalue weighted by Crippen LogP contribution is -2.15. The van der Waals surface area contributed by atoms with Crippen molar-refractivity contribution in [3.05, 3.63) is 23.4 Å². The van der Waals surface area contributed by atoms with Crippen molar-refractivity contribution in [3.8, 4) is 0 Å². The lowest BCUT2D eigenvalue weighted by Gasteiger charge is -2.08. The Morgan fingerprint density at radius 3 is 2.71 bits per heavy atom. The predicted molar refractivity (Wildman–Crippen MR) is 52.8 cm³/mol. The van der Waals surface area contributed by atoms with Crippen LogP contribution in [0.4, 0.5) is 5.82 Å². The molecule has 1 aromatic heterocycles. The number of primary amides is 1. The minimum atomic E-state index is -0.681. The number of anilines is 1. The van der Waals surface area contributed by atoms with Gasteiger partial charge in [-0.05, 0) is 12.1 Å². The first-order valence-corrected chi connectivity index (χ1v) is 4.23. The Morgan fingerprint density at radius 2 is 2.29 bits per heavy atom. The molecule has 14 heavy (non-hydrogen) atoms. The van der Waals surface area contributed by atoms with E-state index >= 15 is 0 Å². The largest absolute Gasteiger partial charge is 0.383 e. The number of rotatable bonds is 3. The molecule has 0 saturated heterocycles. The summed E-state index contributed by atoms with van der Waals surface area (Å²) in [4.78, 5) is 14.7. The molecule has 1 heterocycles. The van der Waals surface area contributed by atoms with Crippen LogP contribution in [0.5, 0.6) is 0 Å². The highest BCUT2D eigenvalue weighted by Gasteiger charge is 2.12. The molecular formula is C8H10ClN3O2. The minimum Gasteiger partial charge on any atom is -0.383 e. The third kappa shape index (κ3) is 2.12. The van der Waals surface area contributed by atoms with Gasteiger partial charge < -0.3 is 16.2 Å². The average Bonchev–Trinajstić information content (AvgIpc) is 2.15. The highest BCUT2D eigenvalue weighted by molar-refractivity contribution is 6.19. The number of ether oxygens (including phenoxy) is 1. The van der Waals surface area contributed by atoms with Crippen molar-refractivity contribution in [1.29, 1.82) is 0 Å². The number of hydrogen-bond donors (Lipinski definition) is 2. The van der Waals surface area contributed by atoms with E-state index in [0.29, 0.717) is 5.69 Å². The van der Waals surface area contributed by atoms with Crippen LogP contribution in [0.15, 0.2) is 12.1 Å². The van der Waals surface area contributed by atoms with Crippen molar-refractivity contribution in [2.24, 2.45) is 5.73 Å². The number of nitrogens with zero attached hydrogens (tertiary/aromatic N) is 1. The number of carbonyl (C=O) groups is 1. The molecule has 0 aliphatic carbocycles. The van der Waals surface area contributed by atoms with Gasteiger partial charge >= 0.3 is 0 Å². The number of amides is 1. The van der Waals surface area contributed by atoms with Gasteiger partial charge in [-0.1, -0.05) is 11.6 Å². The van der Waals surface area contributed by atoms with Crippen molar-refractivity contribution >= 4 is 23.3 Å². The summed E-state index contributed by atoms with van der Waals surface area (Å²) in [5.41, 5.74) is 10.5. The van der Waals surface area contributed by atoms with Crippen LogP contribution in [-0.2, 0) is 4.74 Å². The molecule has 0 spiro atoms. The summed E-state index contributed by atoms with van der Waals surface area (Å²) in [5.74, 6) is -0.567. The van der Waals surface area contributed by atoms with Crippen LogP contribution in [0.25, 0.3) is 0 Å². The Morgan fingerprint density at radius 1 is 1.64 bits per heavy atom. The zero-order valence-electron chi connectivity index (χ0n) is 7.53. The van der Waals surface area contributed by atoms with Crippen LogP contribution in [0.2, 0.25) is 0 Å². The zero-order chi connectivity index (χ0) is 10.7. The maximum Gasteiger partial charge on any atom is 0.252 e. The molecule has 0 fully saturated rings. The second-order valence-corrected chi connectivity index (χ2v) is 2.98. The molecule has 6 heteroatoms. The Kier molecular flexibility index (Phi) is 3.27. The maximum absolute atomic E-state index is 10.8. The first-order valence-electron chi connectivity index (χ1n) is 3.79. The molecule has 1 aromatic rings. The molecule has 0 aliphatic rings. The Bertz CT molecular complexity index is 356. The minimum absolute atomic E-state index is 0.0534. The van der Waals surface area contributed by atoms with Crippen molar-refractivity contribution in [3.63, 3.8) is 0 Å². The number of carbonyl (C=O) groups excluding carboxylic acids is 1. The van der Waals surface area contributed by atoms with E-state index in [1.807, 2.05) is 0 Å². The number of methoxy groups -OCH3 is 1. The molecule has 4 N–H and O–H groups in total. The van der Waals surface area contributed by atoms with Crippen molar-refractivity contribution in [1.82, 2.24) is 4.98 Å². The van der Waals surface area contributed by atoms with Crippen LogP contribution >= 0.6 is 11.6 Å². The van der Waals surface area contributed by atoms with Gasteiger partial charge in [-0.2, -0.15) is 0 Å². The van der Waals surface area contributed by atoms with E-state index in [4.69, 9.17) is 27.8 Å². The van der Waals surface area contributed by atoms with Gasteiger partial charge in [0.15, 0.2) is 5.56 Å². The fraction of sp³-hybridized carbons (Fsp3) is 0.250. The Balaban J connectivity index is 3.06. The molecule has 1 rings (SSSR count). The number of aromatic nitrogens is 1. The molecule has 1 unspecified atom stereocenters. The van der Waals surface area contributed by atoms with E-state index in [2.05, 4.69) is 4.98 Å². The van der Waals surface area contributed by atoms with Gasteiger partial charge in [0.1, 0.15) is 5.82 Å². The molecule has 0 aliphatic heterocycles. The van der Waals surface area contributed by atoms with Gasteiger partial charge in [-0.3, -0.25) is 4.79 Å². The van der Waals surface area contributed by atoms with Gasteiger partial charge in [0.25, 0.3) is 5.91 Å². The maximum atomic E-state index is 10.8. The standard InChI is InChI=1S/C8H10ClN3O2/c1-14-6(9)5-3-2-4(8(11)13)7(10)12-5/h2-3,6H,1H3,(H2,10,12)(H2,11,13). The summed E-state index contributed by atoms with van der Waals surface area (Å²) in [6.45, 7) is 0. The topological polar surface area (TPSA) is 91.2 Å². The molecule has 1 atom stereocenters. The third-order valence-electron chi connectivity index (χ3n) is 1.65. The van der Waals surface area contributed by atoms with Crippen molar-refractivity contribution < 1.29 is 9.53 Å². The van der Waals surface area contributed by atoms with E-state index in [1.54, 1.807) is 0 Å². The summed E-state index contributed by atoms with van der Waals surface area (Å²) in [6.07, 6.45) is 0. The number of hydrogen-bond acceptors (Lipinski definition) is 4. The fourth-order valence-corrected chi connectivity index (χ4v) is 1.07. The molecule has 0 saturated carbocycles. The van der Waals surface area contributed by atoms with Crippen LogP contribution in [-0.4, -0.2) is 18.0 Å². The van der Waals surface area contributed by atoms with Crippen molar-refractivity contribution in [2.45, 2.75) is 5.56 Å². The monoisotopic (exact) mass is 215 g/mol. The number of pyridine rings is 1. The molecular weight excluding hydrogens is 206 g/mol. The lowest BCUT2D eigenvalue weighted by atomic mass is 10.2. The number of halogens is 1. The van der Waals surface area contributed by atoms with Crippen LogP contribution in [0, 0.1) is 0 Å². The summed E-state index contributed by atoms with van der Waals surface area (Å²) < 4.78 is 4.82. The SMILES string of the molecule is COC(Cl)c1ccc(C(N)=O)c(N)n1. The van der Waals surface area contributed by atoms with Gasteiger partial charge in [0, 0.05) is 7.11 Å². The Labute approximate surface area is 86.0 Å². The molecule has 0 radical (unpaired) electrons. The summed E-state index contributed by atoms with van der Waals surface area (Å²) >= 11 is 5.74. The smallest absolute Gasteiger partial charge is 0.252 e. The third-order valence-corrected chi connectivity index (χ3v) is 2.05. The van der Waals surface area contributed by atoms with E-state index in [0.717, 1.165) is 0 Å². The average molecular weight is 216 g/mol. The fourth-order valence-electron chi connectivity index (χ4n) is 0.946. The second kappa shape index (κ2) is 4.26. The summed E-state index contributed by atoms with van der Waals surface area (Å²) in [7, 11) is 1.44. The van der Waals surface area contributed by atoms with E-state index in [-0.39, 0.29) is 11.4 Å². The molecule has 0 aromatic carbocycles. The number of nitrogen functional groups attached to an aromatic ring is 1. The molecule has 5 nitrogen and oxygen atoms in total. The second-order valence-electron chi connectivity index (χ2n) is 2.58. The van der Waals surface area contributed by atoms with E-state index in [9.17, 15) is 4.79 Å². The predicted octanol–water partition coefficient (Wildman–Crippen LogP) is 0.647. The number of nitrogens with two attached hydrogens (primary N) is 2. The highest BCUT2D eigenvalue weighted by Crippen LogP contribution is 2.20. The van der Waals surface area contributed by atoms with Gasteiger partial charge in [-0.25, -0.2) is 4.98 Å². The van der Waals surface area contributed by atoms with Gasteiger partial charge in [0.05, 0.1) is 11.3 Å².